The first kappa shape index (κ1) is 11.1. The van der Waals surface area contributed by atoms with Gasteiger partial charge in [0, 0.05) is 24.5 Å². The summed E-state index contributed by atoms with van der Waals surface area (Å²) in [5.74, 6) is -0.757. The minimum atomic E-state index is -0.757. The zero-order valence-electron chi connectivity index (χ0n) is 9.34. The molecule has 0 saturated heterocycles. The van der Waals surface area contributed by atoms with Crippen molar-refractivity contribution >= 4 is 5.97 Å². The van der Waals surface area contributed by atoms with E-state index >= 15 is 0 Å². The summed E-state index contributed by atoms with van der Waals surface area (Å²) in [4.78, 5) is 16.9. The molecule has 1 N–H and O–H groups in total. The summed E-state index contributed by atoms with van der Waals surface area (Å²) in [6.07, 6.45) is 5.72. The molecule has 0 radical (unpaired) electrons. The summed E-state index contributed by atoms with van der Waals surface area (Å²) in [6, 6.07) is 4.48. The third kappa shape index (κ3) is 2.58. The van der Waals surface area contributed by atoms with E-state index in [1.807, 2.05) is 12.1 Å². The van der Waals surface area contributed by atoms with Crippen molar-refractivity contribution in [2.45, 2.75) is 31.8 Å². The van der Waals surface area contributed by atoms with Gasteiger partial charge in [0.1, 0.15) is 0 Å². The van der Waals surface area contributed by atoms with Gasteiger partial charge in [-0.25, -0.2) is 0 Å². The number of carboxylic acid groups (broad SMARTS) is 1. The van der Waals surface area contributed by atoms with Crippen molar-refractivity contribution in [2.24, 2.45) is 0 Å². The molecule has 16 heavy (non-hydrogen) atoms. The topological polar surface area (TPSA) is 53.4 Å². The van der Waals surface area contributed by atoms with Gasteiger partial charge >= 0.3 is 5.97 Å². The Labute approximate surface area is 94.9 Å². The van der Waals surface area contributed by atoms with Gasteiger partial charge in [-0.2, -0.15) is 0 Å². The van der Waals surface area contributed by atoms with Crippen LogP contribution in [0.4, 0.5) is 0 Å². The monoisotopic (exact) mass is 220 g/mol. The first-order valence-corrected chi connectivity index (χ1v) is 5.56. The maximum Gasteiger partial charge on any atom is 0.317 e. The van der Waals surface area contributed by atoms with Crippen LogP contribution in [0.3, 0.4) is 0 Å². The van der Waals surface area contributed by atoms with Crippen molar-refractivity contribution in [2.75, 3.05) is 6.54 Å². The Bertz CT molecular complexity index is 363. The largest absolute Gasteiger partial charge is 0.480 e. The number of carboxylic acids is 1. The number of rotatable bonds is 5. The van der Waals surface area contributed by atoms with Crippen molar-refractivity contribution in [3.05, 3.63) is 30.1 Å². The quantitative estimate of drug-likeness (QED) is 0.820. The number of hydrogen-bond donors (Lipinski definition) is 1. The van der Waals surface area contributed by atoms with Crippen LogP contribution in [0.1, 0.15) is 31.4 Å². The highest BCUT2D eigenvalue weighted by Crippen LogP contribution is 2.33. The first-order chi connectivity index (χ1) is 7.68. The maximum absolute atomic E-state index is 10.8. The Kier molecular flexibility index (Phi) is 3.19. The van der Waals surface area contributed by atoms with E-state index in [4.69, 9.17) is 5.11 Å². The third-order valence-corrected chi connectivity index (χ3v) is 3.02. The van der Waals surface area contributed by atoms with E-state index in [0.29, 0.717) is 6.04 Å². The molecule has 1 aromatic rings. The first-order valence-electron chi connectivity index (χ1n) is 5.56. The van der Waals surface area contributed by atoms with Crippen molar-refractivity contribution in [1.82, 2.24) is 9.88 Å². The van der Waals surface area contributed by atoms with E-state index in [1.165, 1.54) is 0 Å². The van der Waals surface area contributed by atoms with E-state index in [1.54, 1.807) is 12.4 Å². The van der Waals surface area contributed by atoms with Gasteiger partial charge in [-0.15, -0.1) is 0 Å². The van der Waals surface area contributed by atoms with E-state index in [9.17, 15) is 4.79 Å². The number of carbonyl (C=O) groups is 1. The lowest BCUT2D eigenvalue weighted by atomic mass is 10.1. The predicted molar refractivity (Wildman–Crippen MR) is 60.0 cm³/mol. The number of nitrogens with zero attached hydrogens (tertiary/aromatic N) is 2. The van der Waals surface area contributed by atoms with E-state index in [0.717, 1.165) is 18.4 Å². The second kappa shape index (κ2) is 4.61. The summed E-state index contributed by atoms with van der Waals surface area (Å²) in [5, 5.41) is 8.90. The molecule has 0 bridgehead atoms. The molecule has 2 rings (SSSR count). The number of aromatic nitrogens is 1. The second-order valence-electron chi connectivity index (χ2n) is 4.25. The molecule has 4 nitrogen and oxygen atoms in total. The van der Waals surface area contributed by atoms with Crippen LogP contribution in [0.2, 0.25) is 0 Å². The predicted octanol–water partition coefficient (Wildman–Crippen LogP) is 1.69. The molecule has 1 unspecified atom stereocenters. The molecule has 1 atom stereocenters. The molecule has 0 spiro atoms. The molecule has 1 heterocycles. The van der Waals surface area contributed by atoms with Crippen molar-refractivity contribution in [1.29, 1.82) is 0 Å². The van der Waals surface area contributed by atoms with Crippen LogP contribution in [0.15, 0.2) is 24.5 Å². The van der Waals surface area contributed by atoms with Crippen LogP contribution < -0.4 is 0 Å². The summed E-state index contributed by atoms with van der Waals surface area (Å²) < 4.78 is 0. The van der Waals surface area contributed by atoms with Gasteiger partial charge in [-0.1, -0.05) is 0 Å². The standard InChI is InChI=1S/C12H16N2O2/c1-9(10-4-6-13-7-5-10)14(8-12(15)16)11-2-3-11/h4-7,9,11H,2-3,8H2,1H3,(H,15,16). The maximum atomic E-state index is 10.8. The fourth-order valence-electron chi connectivity index (χ4n) is 1.98. The molecule has 86 valence electrons. The van der Waals surface area contributed by atoms with Gasteiger partial charge in [-0.3, -0.25) is 14.7 Å². The van der Waals surface area contributed by atoms with Gasteiger partial charge in [0.25, 0.3) is 0 Å². The van der Waals surface area contributed by atoms with Gasteiger partial charge in [0.15, 0.2) is 0 Å². The molecule has 1 fully saturated rings. The molecule has 1 aliphatic rings. The molecular formula is C12H16N2O2. The Hall–Kier alpha value is -1.42. The molecule has 4 heteroatoms. The number of hydrogen-bond acceptors (Lipinski definition) is 3. The van der Waals surface area contributed by atoms with Gasteiger partial charge in [0.05, 0.1) is 6.54 Å². The van der Waals surface area contributed by atoms with Crippen LogP contribution >= 0.6 is 0 Å². The fourth-order valence-corrected chi connectivity index (χ4v) is 1.98. The van der Waals surface area contributed by atoms with Gasteiger partial charge in [0.2, 0.25) is 0 Å². The molecule has 1 saturated carbocycles. The Morgan fingerprint density at radius 3 is 2.69 bits per heavy atom. The molecule has 1 aromatic heterocycles. The highest BCUT2D eigenvalue weighted by atomic mass is 16.4. The van der Waals surface area contributed by atoms with Gasteiger partial charge < -0.3 is 5.11 Å². The Morgan fingerprint density at radius 2 is 2.19 bits per heavy atom. The van der Waals surface area contributed by atoms with Crippen LogP contribution in [0.25, 0.3) is 0 Å². The minimum absolute atomic E-state index is 0.119. The van der Waals surface area contributed by atoms with Crippen LogP contribution in [-0.2, 0) is 4.79 Å². The van der Waals surface area contributed by atoms with Crippen molar-refractivity contribution in [3.8, 4) is 0 Å². The number of aliphatic carboxylic acids is 1. The van der Waals surface area contributed by atoms with E-state index < -0.39 is 5.97 Å². The fraction of sp³-hybridized carbons (Fsp3) is 0.500. The lowest BCUT2D eigenvalue weighted by molar-refractivity contribution is -0.139. The van der Waals surface area contributed by atoms with Crippen molar-refractivity contribution < 1.29 is 9.90 Å². The lowest BCUT2D eigenvalue weighted by Gasteiger charge is -2.27. The van der Waals surface area contributed by atoms with Crippen LogP contribution in [-0.4, -0.2) is 33.5 Å². The average Bonchev–Trinajstić information content (AvgIpc) is 3.10. The molecule has 1 aliphatic carbocycles. The molecule has 0 aliphatic heterocycles. The summed E-state index contributed by atoms with van der Waals surface area (Å²) in [5.41, 5.74) is 1.13. The van der Waals surface area contributed by atoms with Crippen LogP contribution in [0.5, 0.6) is 0 Å². The summed E-state index contributed by atoms with van der Waals surface area (Å²) >= 11 is 0. The normalized spacial score (nSPS) is 17.4. The minimum Gasteiger partial charge on any atom is -0.480 e. The smallest absolute Gasteiger partial charge is 0.317 e. The Morgan fingerprint density at radius 1 is 1.56 bits per heavy atom. The molecule has 0 aromatic carbocycles. The summed E-state index contributed by atoms with van der Waals surface area (Å²) in [6.45, 7) is 2.17. The zero-order valence-corrected chi connectivity index (χ0v) is 9.34. The molecular weight excluding hydrogens is 204 g/mol. The van der Waals surface area contributed by atoms with Crippen LogP contribution in [0, 0.1) is 0 Å². The zero-order chi connectivity index (χ0) is 11.5. The number of pyridine rings is 1. The Balaban J connectivity index is 2.10. The lowest BCUT2D eigenvalue weighted by Crippen LogP contribution is -2.34. The van der Waals surface area contributed by atoms with Crippen molar-refractivity contribution in [3.63, 3.8) is 0 Å². The summed E-state index contributed by atoms with van der Waals surface area (Å²) in [7, 11) is 0. The highest BCUT2D eigenvalue weighted by Gasteiger charge is 2.33. The van der Waals surface area contributed by atoms with E-state index in [2.05, 4.69) is 16.8 Å². The second-order valence-corrected chi connectivity index (χ2v) is 4.25. The SMILES string of the molecule is CC(c1ccncc1)N(CC(=O)O)C1CC1. The molecule has 0 amide bonds. The average molecular weight is 220 g/mol. The van der Waals surface area contributed by atoms with E-state index in [-0.39, 0.29) is 12.6 Å². The third-order valence-electron chi connectivity index (χ3n) is 3.02. The van der Waals surface area contributed by atoms with Gasteiger partial charge in [-0.05, 0) is 37.5 Å². The highest BCUT2D eigenvalue weighted by molar-refractivity contribution is 5.69.